The van der Waals surface area contributed by atoms with Gasteiger partial charge < -0.3 is 10.4 Å². The third-order valence-corrected chi connectivity index (χ3v) is 2.91. The van der Waals surface area contributed by atoms with E-state index in [0.717, 1.165) is 5.56 Å². The summed E-state index contributed by atoms with van der Waals surface area (Å²) >= 11 is 5.79. The Balaban J connectivity index is 2.71. The molecule has 1 unspecified atom stereocenters. The Kier molecular flexibility index (Phi) is 5.89. The van der Waals surface area contributed by atoms with Crippen LogP contribution in [0.5, 0.6) is 0 Å². The summed E-state index contributed by atoms with van der Waals surface area (Å²) in [6, 6.07) is 7.07. The van der Waals surface area contributed by atoms with Crippen molar-refractivity contribution in [2.45, 2.75) is 26.3 Å². The highest BCUT2D eigenvalue weighted by molar-refractivity contribution is 6.30. The molecule has 18 heavy (non-hydrogen) atoms. The predicted octanol–water partition coefficient (Wildman–Crippen LogP) is 2.63. The first-order chi connectivity index (χ1) is 8.56. The van der Waals surface area contributed by atoms with E-state index in [-0.39, 0.29) is 18.6 Å². The fourth-order valence-corrected chi connectivity index (χ4v) is 1.58. The fraction of sp³-hybridized carbons (Fsp3) is 0.357. The lowest BCUT2D eigenvalue weighted by Crippen LogP contribution is -2.37. The second-order valence-corrected chi connectivity index (χ2v) is 4.58. The molecule has 0 aliphatic rings. The van der Waals surface area contributed by atoms with Gasteiger partial charge in [-0.3, -0.25) is 4.79 Å². The number of amides is 1. The first-order valence-corrected chi connectivity index (χ1v) is 6.30. The molecule has 0 saturated heterocycles. The molecule has 1 aromatic carbocycles. The summed E-state index contributed by atoms with van der Waals surface area (Å²) in [6.07, 6.45) is 2.49. The van der Waals surface area contributed by atoms with Crippen LogP contribution in [0.25, 0.3) is 6.08 Å². The molecule has 0 fully saturated rings. The highest BCUT2D eigenvalue weighted by atomic mass is 35.5. The maximum Gasteiger partial charge on any atom is 0.247 e. The molecule has 0 spiro atoms. The van der Waals surface area contributed by atoms with Crippen LogP contribution in [0.3, 0.4) is 0 Å². The van der Waals surface area contributed by atoms with E-state index in [0.29, 0.717) is 17.0 Å². The molecular weight excluding hydrogens is 250 g/mol. The minimum atomic E-state index is -0.189. The number of aliphatic hydroxyl groups is 1. The van der Waals surface area contributed by atoms with Crippen LogP contribution in [0.2, 0.25) is 5.02 Å². The van der Waals surface area contributed by atoms with Gasteiger partial charge in [-0.05, 0) is 37.1 Å². The topological polar surface area (TPSA) is 49.3 Å². The molecule has 0 saturated carbocycles. The molecule has 0 aromatic heterocycles. The van der Waals surface area contributed by atoms with Crippen molar-refractivity contribution in [1.29, 1.82) is 0 Å². The minimum absolute atomic E-state index is 0.0452. The number of hydrogen-bond acceptors (Lipinski definition) is 2. The van der Waals surface area contributed by atoms with E-state index in [1.54, 1.807) is 25.1 Å². The number of aliphatic hydroxyl groups excluding tert-OH is 1. The summed E-state index contributed by atoms with van der Waals surface area (Å²) < 4.78 is 0. The van der Waals surface area contributed by atoms with E-state index >= 15 is 0 Å². The van der Waals surface area contributed by atoms with Crippen molar-refractivity contribution < 1.29 is 9.90 Å². The molecule has 4 heteroatoms. The van der Waals surface area contributed by atoms with Gasteiger partial charge in [0.05, 0.1) is 12.6 Å². The quantitative estimate of drug-likeness (QED) is 0.806. The monoisotopic (exact) mass is 267 g/mol. The van der Waals surface area contributed by atoms with Crippen molar-refractivity contribution >= 4 is 23.6 Å². The maximum absolute atomic E-state index is 11.8. The van der Waals surface area contributed by atoms with Gasteiger partial charge in [0, 0.05) is 10.6 Å². The Bertz CT molecular complexity index is 422. The molecule has 98 valence electrons. The van der Waals surface area contributed by atoms with Crippen LogP contribution in [0.15, 0.2) is 29.8 Å². The van der Waals surface area contributed by atoms with Gasteiger partial charge in [0.1, 0.15) is 0 Å². The number of benzene rings is 1. The number of rotatable bonds is 5. The summed E-state index contributed by atoms with van der Waals surface area (Å²) in [5, 5.41) is 12.5. The second-order valence-electron chi connectivity index (χ2n) is 4.14. The zero-order valence-corrected chi connectivity index (χ0v) is 11.4. The zero-order chi connectivity index (χ0) is 13.5. The molecule has 1 aromatic rings. The van der Waals surface area contributed by atoms with Crippen LogP contribution < -0.4 is 5.32 Å². The second kappa shape index (κ2) is 7.19. The molecule has 0 bridgehead atoms. The molecule has 1 rings (SSSR count). The summed E-state index contributed by atoms with van der Waals surface area (Å²) in [7, 11) is 0. The van der Waals surface area contributed by atoms with E-state index in [4.69, 9.17) is 16.7 Å². The zero-order valence-electron chi connectivity index (χ0n) is 10.6. The summed E-state index contributed by atoms with van der Waals surface area (Å²) in [5.74, 6) is -0.161. The summed E-state index contributed by atoms with van der Waals surface area (Å²) in [4.78, 5) is 11.8. The average Bonchev–Trinajstić information content (AvgIpc) is 2.38. The molecule has 0 radical (unpaired) electrons. The normalized spacial score (nSPS) is 13.2. The number of carbonyl (C=O) groups is 1. The Morgan fingerprint density at radius 2 is 2.06 bits per heavy atom. The van der Waals surface area contributed by atoms with E-state index < -0.39 is 0 Å². The van der Waals surface area contributed by atoms with Crippen molar-refractivity contribution in [3.8, 4) is 0 Å². The lowest BCUT2D eigenvalue weighted by molar-refractivity contribution is -0.118. The van der Waals surface area contributed by atoms with Gasteiger partial charge in [0.2, 0.25) is 5.91 Å². The van der Waals surface area contributed by atoms with E-state index in [1.165, 1.54) is 0 Å². The van der Waals surface area contributed by atoms with Crippen LogP contribution in [0.4, 0.5) is 0 Å². The Morgan fingerprint density at radius 3 is 2.56 bits per heavy atom. The smallest absolute Gasteiger partial charge is 0.247 e. The van der Waals surface area contributed by atoms with Crippen LogP contribution in [-0.4, -0.2) is 23.7 Å². The predicted molar refractivity (Wildman–Crippen MR) is 74.4 cm³/mol. The molecular formula is C14H18ClNO2. The number of nitrogens with one attached hydrogen (secondary N) is 1. The Labute approximate surface area is 112 Å². The van der Waals surface area contributed by atoms with Crippen molar-refractivity contribution in [2.75, 3.05) is 6.61 Å². The molecule has 3 nitrogen and oxygen atoms in total. The minimum Gasteiger partial charge on any atom is -0.394 e. The van der Waals surface area contributed by atoms with Crippen molar-refractivity contribution in [3.05, 3.63) is 40.4 Å². The van der Waals surface area contributed by atoms with Crippen LogP contribution in [-0.2, 0) is 4.79 Å². The molecule has 0 aliphatic heterocycles. The van der Waals surface area contributed by atoms with Gasteiger partial charge in [0.15, 0.2) is 0 Å². The molecule has 1 atom stereocenters. The first-order valence-electron chi connectivity index (χ1n) is 5.92. The SMILES string of the molecule is CCC(CO)NC(=O)/C(C)=C/c1ccc(Cl)cc1. The fourth-order valence-electron chi connectivity index (χ4n) is 1.45. The number of hydrogen-bond donors (Lipinski definition) is 2. The van der Waals surface area contributed by atoms with Gasteiger partial charge in [-0.25, -0.2) is 0 Å². The molecule has 0 aliphatic carbocycles. The molecule has 1 amide bonds. The highest BCUT2D eigenvalue weighted by Crippen LogP contribution is 2.12. The van der Waals surface area contributed by atoms with Gasteiger partial charge in [-0.15, -0.1) is 0 Å². The third-order valence-electron chi connectivity index (χ3n) is 2.66. The van der Waals surface area contributed by atoms with Crippen LogP contribution in [0.1, 0.15) is 25.8 Å². The number of carbonyl (C=O) groups excluding carboxylic acids is 1. The van der Waals surface area contributed by atoms with E-state index in [1.807, 2.05) is 19.1 Å². The maximum atomic E-state index is 11.8. The van der Waals surface area contributed by atoms with Crippen LogP contribution in [0, 0.1) is 0 Å². The van der Waals surface area contributed by atoms with Gasteiger partial charge in [-0.2, -0.15) is 0 Å². The van der Waals surface area contributed by atoms with Crippen molar-refractivity contribution in [3.63, 3.8) is 0 Å². The summed E-state index contributed by atoms with van der Waals surface area (Å²) in [6.45, 7) is 3.61. The summed E-state index contributed by atoms with van der Waals surface area (Å²) in [5.41, 5.74) is 1.52. The molecule has 0 heterocycles. The Hall–Kier alpha value is -1.32. The standard InChI is InChI=1S/C14H18ClNO2/c1-3-13(9-17)16-14(18)10(2)8-11-4-6-12(15)7-5-11/h4-8,13,17H,3,9H2,1-2H3,(H,16,18)/b10-8+. The van der Waals surface area contributed by atoms with Gasteiger partial charge >= 0.3 is 0 Å². The lowest BCUT2D eigenvalue weighted by Gasteiger charge is -2.14. The van der Waals surface area contributed by atoms with Gasteiger partial charge in [0.25, 0.3) is 0 Å². The highest BCUT2D eigenvalue weighted by Gasteiger charge is 2.10. The lowest BCUT2D eigenvalue weighted by atomic mass is 10.1. The average molecular weight is 268 g/mol. The largest absolute Gasteiger partial charge is 0.394 e. The first kappa shape index (κ1) is 14.7. The van der Waals surface area contributed by atoms with E-state index in [9.17, 15) is 4.79 Å². The molecule has 2 N–H and O–H groups in total. The van der Waals surface area contributed by atoms with Crippen molar-refractivity contribution in [1.82, 2.24) is 5.32 Å². The van der Waals surface area contributed by atoms with Crippen molar-refractivity contribution in [2.24, 2.45) is 0 Å². The van der Waals surface area contributed by atoms with E-state index in [2.05, 4.69) is 5.32 Å². The Morgan fingerprint density at radius 1 is 1.44 bits per heavy atom. The van der Waals surface area contributed by atoms with Crippen LogP contribution >= 0.6 is 11.6 Å². The number of halogens is 1. The van der Waals surface area contributed by atoms with Gasteiger partial charge in [-0.1, -0.05) is 30.7 Å². The third kappa shape index (κ3) is 4.51.